The summed E-state index contributed by atoms with van der Waals surface area (Å²) >= 11 is 2.94. The van der Waals surface area contributed by atoms with Gasteiger partial charge in [-0.2, -0.15) is 0 Å². The van der Waals surface area contributed by atoms with E-state index in [0.717, 1.165) is 6.42 Å². The number of rotatable bonds is 1. The Balaban J connectivity index is 0.000000693. The zero-order valence-corrected chi connectivity index (χ0v) is 15.4. The van der Waals surface area contributed by atoms with Crippen LogP contribution < -0.4 is 0 Å². The van der Waals surface area contributed by atoms with Gasteiger partial charge in [0, 0.05) is 29.7 Å². The summed E-state index contributed by atoms with van der Waals surface area (Å²) in [6.07, 6.45) is 5.83. The minimum Gasteiger partial charge on any atom is -0.361 e. The van der Waals surface area contributed by atoms with Gasteiger partial charge in [0.1, 0.15) is 0 Å². The number of likely N-dealkylation sites (tertiary alicyclic amines) is 1. The smallest absolute Gasteiger partial charge is 0.0462 e. The number of hydrogen-bond acceptors (Lipinski definition) is 1. The molecule has 0 spiro atoms. The predicted molar refractivity (Wildman–Crippen MR) is 99.6 cm³/mol. The molecule has 0 bridgehead atoms. The first-order valence-corrected chi connectivity index (χ1v) is 9.62. The lowest BCUT2D eigenvalue weighted by Gasteiger charge is -2.19. The largest absolute Gasteiger partial charge is 0.361 e. The molecule has 2 nitrogen and oxygen atoms in total. The summed E-state index contributed by atoms with van der Waals surface area (Å²) < 4.78 is 0. The van der Waals surface area contributed by atoms with Gasteiger partial charge in [-0.25, -0.2) is 0 Å². The van der Waals surface area contributed by atoms with Crippen LogP contribution in [0.2, 0.25) is 0 Å². The van der Waals surface area contributed by atoms with Crippen molar-refractivity contribution in [3.05, 3.63) is 41.1 Å². The van der Waals surface area contributed by atoms with Gasteiger partial charge in [0.2, 0.25) is 0 Å². The van der Waals surface area contributed by atoms with Crippen LogP contribution in [0.4, 0.5) is 0 Å². The molecule has 1 N–H and O–H groups in total. The molecule has 118 valence electrons. The van der Waals surface area contributed by atoms with E-state index in [-0.39, 0.29) is 0 Å². The van der Waals surface area contributed by atoms with E-state index in [9.17, 15) is 0 Å². The molecule has 4 rings (SSSR count). The highest BCUT2D eigenvalue weighted by molar-refractivity contribution is 9.08. The van der Waals surface area contributed by atoms with E-state index < -0.39 is 0 Å². The Morgan fingerprint density at radius 3 is 2.77 bits per heavy atom. The molecule has 22 heavy (non-hydrogen) atoms. The van der Waals surface area contributed by atoms with E-state index >= 15 is 0 Å². The number of nitrogens with zero attached hydrogens (tertiary/aromatic N) is 1. The van der Waals surface area contributed by atoms with Crippen LogP contribution in [0.5, 0.6) is 0 Å². The van der Waals surface area contributed by atoms with Crippen LogP contribution in [0.25, 0.3) is 17.0 Å². The molecular weight excluding hydrogens is 336 g/mol. The molecule has 2 aromatic rings. The van der Waals surface area contributed by atoms with Crippen LogP contribution in [0.1, 0.15) is 25.0 Å². The number of likely N-dealkylation sites (N-methyl/N-ethyl adjacent to an activating group) is 1. The van der Waals surface area contributed by atoms with Crippen LogP contribution in [-0.2, 0) is 6.42 Å². The quantitative estimate of drug-likeness (QED) is 0.729. The lowest BCUT2D eigenvalue weighted by atomic mass is 9.87. The topological polar surface area (TPSA) is 19.0 Å². The summed E-state index contributed by atoms with van der Waals surface area (Å²) in [6, 6.07) is 7.20. The standard InChI is InChI=1S/C18H22N2.CH3Br/c1-11(2)15-10-20(3)17-8-13-9-19-16-6-4-5-12(18(13)16)7-14(15)17;1-2/h4-7,9,11,15,17,19H,8,10H2,1-3H3;1H3. The number of H-pyrrole nitrogens is 1. The van der Waals surface area contributed by atoms with E-state index in [1.807, 2.05) is 5.83 Å². The Bertz CT molecular complexity index is 699. The lowest BCUT2D eigenvalue weighted by Crippen LogP contribution is -2.27. The molecule has 1 aliphatic carbocycles. The number of alkyl halides is 1. The summed E-state index contributed by atoms with van der Waals surface area (Å²) in [5.74, 6) is 3.23. The van der Waals surface area contributed by atoms with E-state index in [1.165, 1.54) is 28.6 Å². The van der Waals surface area contributed by atoms with Crippen molar-refractivity contribution in [2.75, 3.05) is 19.4 Å². The maximum absolute atomic E-state index is 3.43. The molecule has 2 atom stereocenters. The number of aromatic amines is 1. The highest BCUT2D eigenvalue weighted by Gasteiger charge is 2.37. The van der Waals surface area contributed by atoms with Gasteiger partial charge in [0.25, 0.3) is 0 Å². The average molecular weight is 361 g/mol. The maximum Gasteiger partial charge on any atom is 0.0462 e. The number of aromatic nitrogens is 1. The van der Waals surface area contributed by atoms with Gasteiger partial charge in [-0.1, -0.05) is 48.0 Å². The summed E-state index contributed by atoms with van der Waals surface area (Å²) in [7, 11) is 2.28. The van der Waals surface area contributed by atoms with E-state index in [4.69, 9.17) is 0 Å². The third-order valence-electron chi connectivity index (χ3n) is 5.19. The Kier molecular flexibility index (Phi) is 4.47. The molecule has 2 heterocycles. The molecule has 1 aliphatic heterocycles. The minimum absolute atomic E-state index is 0.578. The van der Waals surface area contributed by atoms with Crippen molar-refractivity contribution in [3.63, 3.8) is 0 Å². The first kappa shape index (κ1) is 15.8. The molecule has 2 unspecified atom stereocenters. The molecule has 0 amide bonds. The summed E-state index contributed by atoms with van der Waals surface area (Å²) in [6.45, 7) is 5.91. The van der Waals surface area contributed by atoms with Gasteiger partial charge in [-0.15, -0.1) is 0 Å². The molecule has 0 radical (unpaired) electrons. The second-order valence-corrected chi connectivity index (χ2v) is 6.74. The fourth-order valence-corrected chi connectivity index (χ4v) is 4.07. The van der Waals surface area contributed by atoms with E-state index in [0.29, 0.717) is 17.9 Å². The fraction of sp³-hybridized carbons (Fsp3) is 0.474. The molecule has 1 fully saturated rings. The summed E-state index contributed by atoms with van der Waals surface area (Å²) in [4.78, 5) is 5.97. The molecule has 1 aromatic carbocycles. The van der Waals surface area contributed by atoms with Crippen molar-refractivity contribution in [2.45, 2.75) is 26.3 Å². The van der Waals surface area contributed by atoms with Gasteiger partial charge in [0.05, 0.1) is 0 Å². The van der Waals surface area contributed by atoms with Crippen molar-refractivity contribution in [1.82, 2.24) is 9.88 Å². The third-order valence-corrected chi connectivity index (χ3v) is 5.19. The Labute approximate surface area is 141 Å². The van der Waals surface area contributed by atoms with Crippen molar-refractivity contribution < 1.29 is 0 Å². The number of nitrogens with one attached hydrogen (secondary N) is 1. The normalized spacial score (nSPS) is 23.8. The van der Waals surface area contributed by atoms with Gasteiger partial charge in [-0.05, 0) is 53.9 Å². The van der Waals surface area contributed by atoms with Crippen LogP contribution >= 0.6 is 15.9 Å². The van der Waals surface area contributed by atoms with Crippen molar-refractivity contribution >= 4 is 32.9 Å². The molecule has 1 aromatic heterocycles. The second-order valence-electron chi connectivity index (χ2n) is 6.74. The van der Waals surface area contributed by atoms with Crippen molar-refractivity contribution in [3.8, 4) is 0 Å². The zero-order valence-electron chi connectivity index (χ0n) is 13.9. The van der Waals surface area contributed by atoms with Gasteiger partial charge in [0.15, 0.2) is 0 Å². The molecule has 0 saturated carbocycles. The Morgan fingerprint density at radius 1 is 1.27 bits per heavy atom. The second kappa shape index (κ2) is 6.21. The minimum atomic E-state index is 0.578. The van der Waals surface area contributed by atoms with Crippen molar-refractivity contribution in [1.29, 1.82) is 0 Å². The summed E-state index contributed by atoms with van der Waals surface area (Å²) in [5.41, 5.74) is 5.80. The Hall–Kier alpha value is -1.06. The monoisotopic (exact) mass is 360 g/mol. The van der Waals surface area contributed by atoms with Gasteiger partial charge >= 0.3 is 0 Å². The average Bonchev–Trinajstić information content (AvgIpc) is 3.00. The van der Waals surface area contributed by atoms with Crippen LogP contribution in [0.15, 0.2) is 30.0 Å². The fourth-order valence-electron chi connectivity index (χ4n) is 4.07. The highest BCUT2D eigenvalue weighted by atomic mass is 79.9. The van der Waals surface area contributed by atoms with Crippen LogP contribution in [0.3, 0.4) is 0 Å². The van der Waals surface area contributed by atoms with Crippen LogP contribution in [0, 0.1) is 11.8 Å². The predicted octanol–water partition coefficient (Wildman–Crippen LogP) is 4.70. The first-order chi connectivity index (χ1) is 10.6. The molecule has 3 heteroatoms. The number of halogens is 1. The number of benzene rings is 1. The van der Waals surface area contributed by atoms with Gasteiger partial charge < -0.3 is 4.98 Å². The van der Waals surface area contributed by atoms with E-state index in [2.05, 4.69) is 77.2 Å². The first-order valence-electron chi connectivity index (χ1n) is 8.03. The maximum atomic E-state index is 3.43. The lowest BCUT2D eigenvalue weighted by molar-refractivity contribution is 0.304. The molecule has 1 saturated heterocycles. The number of hydrogen-bond donors (Lipinski definition) is 1. The van der Waals surface area contributed by atoms with Crippen LogP contribution in [-0.4, -0.2) is 35.4 Å². The SMILES string of the molecule is CBr.CC(C)C1CN(C)C2Cc3c[nH]c4cccc(c34)C=C12. The molecular formula is C19H25BrN2. The highest BCUT2D eigenvalue weighted by Crippen LogP contribution is 2.40. The third kappa shape index (κ3) is 2.44. The summed E-state index contributed by atoms with van der Waals surface area (Å²) in [5, 5.41) is 1.44. The van der Waals surface area contributed by atoms with Gasteiger partial charge in [-0.3, -0.25) is 4.90 Å². The van der Waals surface area contributed by atoms with E-state index in [1.54, 1.807) is 5.57 Å². The van der Waals surface area contributed by atoms with Crippen molar-refractivity contribution in [2.24, 2.45) is 11.8 Å². The zero-order chi connectivity index (χ0) is 15.9. The Morgan fingerprint density at radius 2 is 2.05 bits per heavy atom. The molecule has 2 aliphatic rings. The number of fused-ring (bicyclic) bond motifs is 1.